The van der Waals surface area contributed by atoms with Crippen molar-refractivity contribution in [1.82, 2.24) is 5.32 Å². The zero-order chi connectivity index (χ0) is 24.9. The Morgan fingerprint density at radius 2 is 1.97 bits per heavy atom. The van der Waals surface area contributed by atoms with Gasteiger partial charge in [-0.2, -0.15) is 0 Å². The van der Waals surface area contributed by atoms with E-state index < -0.39 is 17.1 Å². The van der Waals surface area contributed by atoms with Crippen LogP contribution in [0.4, 0.5) is 10.5 Å². The van der Waals surface area contributed by atoms with E-state index in [0.29, 0.717) is 19.0 Å². The van der Waals surface area contributed by atoms with E-state index in [2.05, 4.69) is 26.3 Å². The lowest BCUT2D eigenvalue weighted by Gasteiger charge is -2.27. The third-order valence-corrected chi connectivity index (χ3v) is 5.82. The summed E-state index contributed by atoms with van der Waals surface area (Å²) in [7, 11) is 4.34. The molecule has 186 valence electrons. The Balaban J connectivity index is 2.63. The van der Waals surface area contributed by atoms with Gasteiger partial charge in [0.1, 0.15) is 24.0 Å². The molecule has 0 fully saturated rings. The summed E-state index contributed by atoms with van der Waals surface area (Å²) in [5.74, 6) is 0.678. The fourth-order valence-corrected chi connectivity index (χ4v) is 3.39. The van der Waals surface area contributed by atoms with Crippen LogP contribution in [0.2, 0.25) is 0 Å². The SMILES string of the molecule is CC[N+](C)(C)CCCOCCOc1cccc([N+](=O)[O-])c1C(C)OC(=O)NCCSC(C)=O. The van der Waals surface area contributed by atoms with Crippen LogP contribution >= 0.6 is 11.8 Å². The maximum atomic E-state index is 12.1. The Morgan fingerprint density at radius 1 is 1.24 bits per heavy atom. The summed E-state index contributed by atoms with van der Waals surface area (Å²) in [6, 6.07) is 4.47. The van der Waals surface area contributed by atoms with Gasteiger partial charge >= 0.3 is 6.09 Å². The molecule has 1 aromatic rings. The first kappa shape index (κ1) is 28.7. The first-order chi connectivity index (χ1) is 15.6. The van der Waals surface area contributed by atoms with Crippen LogP contribution < -0.4 is 10.1 Å². The van der Waals surface area contributed by atoms with Crippen LogP contribution in [0.1, 0.15) is 38.9 Å². The van der Waals surface area contributed by atoms with Crippen molar-refractivity contribution in [3.05, 3.63) is 33.9 Å². The minimum Gasteiger partial charge on any atom is -0.490 e. The first-order valence-electron chi connectivity index (χ1n) is 10.9. The lowest BCUT2D eigenvalue weighted by Crippen LogP contribution is -2.40. The molecule has 1 aromatic carbocycles. The van der Waals surface area contributed by atoms with E-state index in [4.69, 9.17) is 14.2 Å². The molecule has 10 nitrogen and oxygen atoms in total. The van der Waals surface area contributed by atoms with Gasteiger partial charge in [-0.3, -0.25) is 14.9 Å². The van der Waals surface area contributed by atoms with E-state index in [1.54, 1.807) is 13.0 Å². The third kappa shape index (κ3) is 11.4. The molecule has 0 saturated carbocycles. The second kappa shape index (κ2) is 14.7. The van der Waals surface area contributed by atoms with Gasteiger partial charge in [-0.15, -0.1) is 0 Å². The maximum Gasteiger partial charge on any atom is 0.407 e. The number of hydrogen-bond acceptors (Lipinski definition) is 8. The number of nitrogens with zero attached hydrogens (tertiary/aromatic N) is 2. The zero-order valence-electron chi connectivity index (χ0n) is 20.1. The number of rotatable bonds is 15. The topological polar surface area (TPSA) is 117 Å². The molecule has 33 heavy (non-hydrogen) atoms. The lowest BCUT2D eigenvalue weighted by atomic mass is 10.1. The number of nitro benzene ring substituents is 1. The number of nitro groups is 1. The van der Waals surface area contributed by atoms with Gasteiger partial charge in [0.25, 0.3) is 5.69 Å². The van der Waals surface area contributed by atoms with Gasteiger partial charge in [0.15, 0.2) is 5.12 Å². The Hall–Kier alpha value is -2.37. The van der Waals surface area contributed by atoms with Gasteiger partial charge < -0.3 is 24.0 Å². The molecule has 0 aliphatic carbocycles. The smallest absolute Gasteiger partial charge is 0.407 e. The van der Waals surface area contributed by atoms with Crippen molar-refractivity contribution in [2.75, 3.05) is 59.3 Å². The molecule has 0 aromatic heterocycles. The standard InChI is InChI=1S/C22H35N3O7S/c1-6-25(4,5)12-8-13-30-14-15-31-20-10-7-9-19(24(28)29)21(20)17(2)32-22(27)23-11-16-33-18(3)26/h7,9-10,17H,6,8,11-16H2,1-5H3/p+1. The molecular formula is C22H36N3O7S+. The van der Waals surface area contributed by atoms with E-state index in [-0.39, 0.29) is 35.3 Å². The van der Waals surface area contributed by atoms with Crippen LogP contribution in [0.15, 0.2) is 18.2 Å². The molecule has 11 heteroatoms. The van der Waals surface area contributed by atoms with Gasteiger partial charge in [0.2, 0.25) is 0 Å². The Labute approximate surface area is 199 Å². The summed E-state index contributed by atoms with van der Waals surface area (Å²) in [6.07, 6.45) is -0.724. The maximum absolute atomic E-state index is 12.1. The second-order valence-corrected chi connectivity index (χ2v) is 9.32. The average Bonchev–Trinajstić information content (AvgIpc) is 2.75. The van der Waals surface area contributed by atoms with Crippen molar-refractivity contribution in [3.8, 4) is 5.75 Å². The monoisotopic (exact) mass is 486 g/mol. The lowest BCUT2D eigenvalue weighted by molar-refractivity contribution is -0.888. The number of ether oxygens (including phenoxy) is 3. The summed E-state index contributed by atoms with van der Waals surface area (Å²) in [5, 5.41) is 14.0. The zero-order valence-corrected chi connectivity index (χ0v) is 20.9. The van der Waals surface area contributed by atoms with Crippen molar-refractivity contribution < 1.29 is 33.2 Å². The highest BCUT2D eigenvalue weighted by Gasteiger charge is 2.26. The predicted molar refractivity (Wildman–Crippen MR) is 128 cm³/mol. The molecule has 1 amide bonds. The van der Waals surface area contributed by atoms with Gasteiger partial charge in [-0.25, -0.2) is 4.79 Å². The third-order valence-electron chi connectivity index (χ3n) is 5.00. The summed E-state index contributed by atoms with van der Waals surface area (Å²) in [6.45, 7) is 8.59. The number of carbonyl (C=O) groups is 2. The minimum absolute atomic E-state index is 0.0480. The van der Waals surface area contributed by atoms with Crippen LogP contribution in [-0.4, -0.2) is 79.9 Å². The van der Waals surface area contributed by atoms with Crippen molar-refractivity contribution >= 4 is 28.7 Å². The number of carbonyl (C=O) groups excluding carboxylic acids is 2. The van der Waals surface area contributed by atoms with E-state index in [9.17, 15) is 19.7 Å². The minimum atomic E-state index is -0.919. The number of alkyl carbamates (subject to hydrolysis) is 1. The molecule has 1 atom stereocenters. The van der Waals surface area contributed by atoms with E-state index in [1.807, 2.05) is 0 Å². The Kier molecular flexibility index (Phi) is 12.8. The van der Waals surface area contributed by atoms with Crippen molar-refractivity contribution in [2.24, 2.45) is 0 Å². The Morgan fingerprint density at radius 3 is 2.61 bits per heavy atom. The van der Waals surface area contributed by atoms with Gasteiger partial charge in [0, 0.05) is 31.7 Å². The molecule has 1 unspecified atom stereocenters. The molecular weight excluding hydrogens is 450 g/mol. The molecule has 0 heterocycles. The number of amides is 1. The van der Waals surface area contributed by atoms with Crippen LogP contribution in [0.25, 0.3) is 0 Å². The fourth-order valence-electron chi connectivity index (χ4n) is 2.90. The molecule has 1 N–H and O–H groups in total. The number of benzene rings is 1. The van der Waals surface area contributed by atoms with Crippen molar-refractivity contribution in [2.45, 2.75) is 33.3 Å². The molecule has 0 saturated heterocycles. The van der Waals surface area contributed by atoms with Crippen LogP contribution in [0, 0.1) is 10.1 Å². The quantitative estimate of drug-likeness (QED) is 0.173. The first-order valence-corrected chi connectivity index (χ1v) is 11.9. The normalized spacial score (nSPS) is 12.2. The van der Waals surface area contributed by atoms with Gasteiger partial charge in [-0.05, 0) is 19.9 Å². The van der Waals surface area contributed by atoms with Crippen LogP contribution in [0.3, 0.4) is 0 Å². The van der Waals surface area contributed by atoms with E-state index in [1.165, 1.54) is 19.1 Å². The van der Waals surface area contributed by atoms with Gasteiger partial charge in [-0.1, -0.05) is 17.8 Å². The molecule has 0 bridgehead atoms. The highest BCUT2D eigenvalue weighted by molar-refractivity contribution is 8.13. The summed E-state index contributed by atoms with van der Waals surface area (Å²) in [4.78, 5) is 34.0. The molecule has 0 aliphatic heterocycles. The number of thioether (sulfide) groups is 1. The Bertz CT molecular complexity index is 789. The molecule has 0 radical (unpaired) electrons. The molecule has 0 aliphatic rings. The van der Waals surface area contributed by atoms with Crippen molar-refractivity contribution in [1.29, 1.82) is 0 Å². The highest BCUT2D eigenvalue weighted by Crippen LogP contribution is 2.35. The number of nitrogens with one attached hydrogen (secondary N) is 1. The van der Waals surface area contributed by atoms with E-state index in [0.717, 1.165) is 35.8 Å². The molecule has 0 spiro atoms. The predicted octanol–water partition coefficient (Wildman–Crippen LogP) is 3.54. The summed E-state index contributed by atoms with van der Waals surface area (Å²) in [5.41, 5.74) is -0.0156. The number of quaternary nitrogens is 1. The van der Waals surface area contributed by atoms with E-state index >= 15 is 0 Å². The van der Waals surface area contributed by atoms with Gasteiger partial charge in [0.05, 0.1) is 45.3 Å². The fraction of sp³-hybridized carbons (Fsp3) is 0.636. The number of hydrogen-bond donors (Lipinski definition) is 1. The highest BCUT2D eigenvalue weighted by atomic mass is 32.2. The average molecular weight is 487 g/mol. The van der Waals surface area contributed by atoms with Crippen LogP contribution in [-0.2, 0) is 14.3 Å². The summed E-state index contributed by atoms with van der Waals surface area (Å²) >= 11 is 1.08. The summed E-state index contributed by atoms with van der Waals surface area (Å²) < 4.78 is 17.6. The molecule has 1 rings (SSSR count). The largest absolute Gasteiger partial charge is 0.490 e. The van der Waals surface area contributed by atoms with Crippen molar-refractivity contribution in [3.63, 3.8) is 0 Å². The second-order valence-electron chi connectivity index (χ2n) is 8.05. The van der Waals surface area contributed by atoms with Crippen LogP contribution in [0.5, 0.6) is 5.75 Å².